The molecule has 0 radical (unpaired) electrons. The lowest BCUT2D eigenvalue weighted by atomic mass is 10.0. The van der Waals surface area contributed by atoms with Gasteiger partial charge in [-0.25, -0.2) is 0 Å². The zero-order valence-corrected chi connectivity index (χ0v) is 11.4. The maximum absolute atomic E-state index is 5.76. The van der Waals surface area contributed by atoms with Crippen LogP contribution in [0.5, 0.6) is 0 Å². The first-order chi connectivity index (χ1) is 8.22. The smallest absolute Gasteiger partial charge is 0.0180 e. The van der Waals surface area contributed by atoms with Crippen LogP contribution in [0.2, 0.25) is 0 Å². The Morgan fingerprint density at radius 2 is 1.71 bits per heavy atom. The highest BCUT2D eigenvalue weighted by Crippen LogP contribution is 2.11. The van der Waals surface area contributed by atoms with Gasteiger partial charge in [0.1, 0.15) is 0 Å². The van der Waals surface area contributed by atoms with Crippen molar-refractivity contribution < 1.29 is 0 Å². The van der Waals surface area contributed by atoms with Crippen molar-refractivity contribution in [3.8, 4) is 0 Å². The molecule has 0 aromatic heterocycles. The largest absolute Gasteiger partial charge is 0.326 e. The Kier molecular flexibility index (Phi) is 6.23. The molecular formula is C15H26N2. The average molecular weight is 234 g/mol. The molecule has 2 nitrogen and oxygen atoms in total. The molecule has 0 bridgehead atoms. The molecule has 0 amide bonds. The van der Waals surface area contributed by atoms with Crippen molar-refractivity contribution in [1.29, 1.82) is 0 Å². The molecule has 1 rings (SSSR count). The molecule has 0 atom stereocenters. The van der Waals surface area contributed by atoms with Crippen molar-refractivity contribution in [2.24, 2.45) is 5.73 Å². The van der Waals surface area contributed by atoms with E-state index in [4.69, 9.17) is 5.73 Å². The fourth-order valence-corrected chi connectivity index (χ4v) is 2.39. The fourth-order valence-electron chi connectivity index (χ4n) is 2.39. The Bertz CT molecular complexity index is 318. The van der Waals surface area contributed by atoms with Gasteiger partial charge < -0.3 is 10.6 Å². The summed E-state index contributed by atoms with van der Waals surface area (Å²) in [6.45, 7) is 6.28. The summed E-state index contributed by atoms with van der Waals surface area (Å²) in [6, 6.07) is 9.21. The van der Waals surface area contributed by atoms with Crippen molar-refractivity contribution >= 4 is 0 Å². The van der Waals surface area contributed by atoms with Crippen LogP contribution in [0.3, 0.4) is 0 Å². The quantitative estimate of drug-likeness (QED) is 0.786. The summed E-state index contributed by atoms with van der Waals surface area (Å²) in [4.78, 5) is 2.47. The molecule has 0 aliphatic heterocycles. The van der Waals surface area contributed by atoms with Crippen LogP contribution in [0, 0.1) is 0 Å². The lowest BCUT2D eigenvalue weighted by Gasteiger charge is -2.26. The second-order valence-electron chi connectivity index (χ2n) is 4.67. The highest BCUT2D eigenvalue weighted by atomic mass is 15.1. The summed E-state index contributed by atoms with van der Waals surface area (Å²) < 4.78 is 0. The monoisotopic (exact) mass is 234 g/mol. The van der Waals surface area contributed by atoms with Crippen LogP contribution in [0.25, 0.3) is 0 Å². The first kappa shape index (κ1) is 14.2. The number of benzene rings is 1. The molecule has 0 aliphatic carbocycles. The molecule has 2 heteroatoms. The van der Waals surface area contributed by atoms with Crippen LogP contribution in [-0.4, -0.2) is 24.5 Å². The molecule has 0 fully saturated rings. The molecular weight excluding hydrogens is 208 g/mol. The minimum Gasteiger partial charge on any atom is -0.326 e. The Morgan fingerprint density at radius 3 is 2.24 bits per heavy atom. The molecule has 0 saturated carbocycles. The van der Waals surface area contributed by atoms with E-state index in [2.05, 4.69) is 50.1 Å². The van der Waals surface area contributed by atoms with Gasteiger partial charge in [0.05, 0.1) is 0 Å². The Hall–Kier alpha value is -0.860. The number of nitrogens with zero attached hydrogens (tertiary/aromatic N) is 1. The second-order valence-corrected chi connectivity index (χ2v) is 4.67. The van der Waals surface area contributed by atoms with Crippen LogP contribution >= 0.6 is 0 Å². The summed E-state index contributed by atoms with van der Waals surface area (Å²) >= 11 is 0. The molecule has 1 aromatic rings. The minimum atomic E-state index is 0.644. The zero-order valence-electron chi connectivity index (χ0n) is 11.4. The van der Waals surface area contributed by atoms with E-state index in [-0.39, 0.29) is 0 Å². The van der Waals surface area contributed by atoms with Gasteiger partial charge in [-0.1, -0.05) is 38.1 Å². The van der Waals surface area contributed by atoms with Gasteiger partial charge in [0, 0.05) is 19.1 Å². The van der Waals surface area contributed by atoms with E-state index in [0.29, 0.717) is 12.6 Å². The van der Waals surface area contributed by atoms with Crippen molar-refractivity contribution in [3.05, 3.63) is 35.4 Å². The van der Waals surface area contributed by atoms with E-state index < -0.39 is 0 Å². The van der Waals surface area contributed by atoms with Gasteiger partial charge in [0.25, 0.3) is 0 Å². The van der Waals surface area contributed by atoms with Crippen LogP contribution in [0.4, 0.5) is 0 Å². The van der Waals surface area contributed by atoms with E-state index in [1.165, 1.54) is 24.0 Å². The first-order valence-corrected chi connectivity index (χ1v) is 6.70. The second kappa shape index (κ2) is 7.46. The normalized spacial score (nSPS) is 11.4. The molecule has 2 N–H and O–H groups in total. The van der Waals surface area contributed by atoms with Gasteiger partial charge in [-0.15, -0.1) is 0 Å². The Labute approximate surface area is 106 Å². The lowest BCUT2D eigenvalue weighted by molar-refractivity contribution is 0.232. The third kappa shape index (κ3) is 4.14. The predicted octanol–water partition coefficient (Wildman–Crippen LogP) is 2.81. The van der Waals surface area contributed by atoms with Gasteiger partial charge in [-0.05, 0) is 37.4 Å². The molecule has 0 spiro atoms. The number of nitrogens with two attached hydrogens (primary N) is 1. The van der Waals surface area contributed by atoms with Gasteiger partial charge >= 0.3 is 0 Å². The van der Waals surface area contributed by atoms with Crippen LogP contribution < -0.4 is 5.73 Å². The fraction of sp³-hybridized carbons (Fsp3) is 0.600. The maximum atomic E-state index is 5.76. The summed E-state index contributed by atoms with van der Waals surface area (Å²) in [5.41, 5.74) is 8.43. The van der Waals surface area contributed by atoms with E-state index in [1.807, 2.05) is 0 Å². The van der Waals surface area contributed by atoms with Crippen molar-refractivity contribution in [1.82, 2.24) is 4.90 Å². The molecule has 0 unspecified atom stereocenters. The van der Waals surface area contributed by atoms with E-state index in [0.717, 1.165) is 13.0 Å². The minimum absolute atomic E-state index is 0.644. The number of likely N-dealkylation sites (N-methyl/N-ethyl adjacent to an activating group) is 1. The molecule has 17 heavy (non-hydrogen) atoms. The van der Waals surface area contributed by atoms with Gasteiger partial charge in [-0.3, -0.25) is 0 Å². The Morgan fingerprint density at radius 1 is 1.12 bits per heavy atom. The lowest BCUT2D eigenvalue weighted by Crippen LogP contribution is -2.32. The van der Waals surface area contributed by atoms with Crippen LogP contribution in [-0.2, 0) is 13.0 Å². The van der Waals surface area contributed by atoms with E-state index in [1.54, 1.807) is 0 Å². The Balaban J connectivity index is 2.54. The van der Waals surface area contributed by atoms with Gasteiger partial charge in [-0.2, -0.15) is 0 Å². The molecule has 1 aromatic carbocycles. The molecule has 0 aliphatic rings. The summed E-state index contributed by atoms with van der Waals surface area (Å²) in [6.07, 6.45) is 3.55. The zero-order chi connectivity index (χ0) is 12.7. The summed E-state index contributed by atoms with van der Waals surface area (Å²) in [7, 11) is 2.22. The van der Waals surface area contributed by atoms with Crippen LogP contribution in [0.15, 0.2) is 24.3 Å². The number of rotatable bonds is 7. The number of hydrogen-bond donors (Lipinski definition) is 1. The third-order valence-corrected chi connectivity index (χ3v) is 3.64. The van der Waals surface area contributed by atoms with Gasteiger partial charge in [0.15, 0.2) is 0 Å². The first-order valence-electron chi connectivity index (χ1n) is 6.70. The molecule has 0 saturated heterocycles. The average Bonchev–Trinajstić information content (AvgIpc) is 2.38. The van der Waals surface area contributed by atoms with E-state index in [9.17, 15) is 0 Å². The molecule has 96 valence electrons. The van der Waals surface area contributed by atoms with Gasteiger partial charge in [0.2, 0.25) is 0 Å². The highest BCUT2D eigenvalue weighted by Gasteiger charge is 2.10. The maximum Gasteiger partial charge on any atom is 0.0180 e. The highest BCUT2D eigenvalue weighted by molar-refractivity contribution is 5.27. The standard InChI is InChI=1S/C15H26N2/c1-4-15(5-2)17(3)11-10-13-8-6-7-9-14(13)12-16/h6-9,15H,4-5,10-12,16H2,1-3H3. The predicted molar refractivity (Wildman–Crippen MR) is 75.0 cm³/mol. The van der Waals surface area contributed by atoms with Crippen molar-refractivity contribution in [3.63, 3.8) is 0 Å². The number of hydrogen-bond acceptors (Lipinski definition) is 2. The summed E-state index contributed by atoms with van der Waals surface area (Å²) in [5, 5.41) is 0. The van der Waals surface area contributed by atoms with E-state index >= 15 is 0 Å². The SMILES string of the molecule is CCC(CC)N(C)CCc1ccccc1CN. The summed E-state index contributed by atoms with van der Waals surface area (Å²) in [5.74, 6) is 0. The van der Waals surface area contributed by atoms with Crippen molar-refractivity contribution in [2.45, 2.75) is 45.7 Å². The third-order valence-electron chi connectivity index (χ3n) is 3.64. The topological polar surface area (TPSA) is 29.3 Å². The van der Waals surface area contributed by atoms with Crippen molar-refractivity contribution in [2.75, 3.05) is 13.6 Å². The van der Waals surface area contributed by atoms with Crippen LogP contribution in [0.1, 0.15) is 37.8 Å². The molecule has 0 heterocycles.